The molecule has 0 bridgehead atoms. The SMILES string of the molecule is CNC(c1c(Br)cnn1C)C1CCCCS1. The average Bonchev–Trinajstić information content (AvgIpc) is 2.63. The summed E-state index contributed by atoms with van der Waals surface area (Å²) in [6.07, 6.45) is 5.90. The van der Waals surface area contributed by atoms with Crippen LogP contribution in [0.25, 0.3) is 0 Å². The maximum absolute atomic E-state index is 4.30. The molecule has 16 heavy (non-hydrogen) atoms. The largest absolute Gasteiger partial charge is 0.311 e. The third-order valence-electron chi connectivity index (χ3n) is 3.13. The highest BCUT2D eigenvalue weighted by molar-refractivity contribution is 9.10. The van der Waals surface area contributed by atoms with Crippen LogP contribution in [0.3, 0.4) is 0 Å². The predicted octanol–water partition coefficient (Wildman–Crippen LogP) is 2.73. The van der Waals surface area contributed by atoms with Crippen molar-refractivity contribution in [2.45, 2.75) is 30.6 Å². The number of nitrogens with one attached hydrogen (secondary N) is 1. The molecule has 5 heteroatoms. The van der Waals surface area contributed by atoms with E-state index in [0.29, 0.717) is 11.3 Å². The van der Waals surface area contributed by atoms with Crippen molar-refractivity contribution in [2.75, 3.05) is 12.8 Å². The molecule has 2 rings (SSSR count). The Morgan fingerprint density at radius 2 is 2.44 bits per heavy atom. The fourth-order valence-electron chi connectivity index (χ4n) is 2.30. The van der Waals surface area contributed by atoms with E-state index in [0.717, 1.165) is 4.47 Å². The van der Waals surface area contributed by atoms with Gasteiger partial charge in [-0.2, -0.15) is 16.9 Å². The van der Waals surface area contributed by atoms with Crippen molar-refractivity contribution in [3.8, 4) is 0 Å². The fourth-order valence-corrected chi connectivity index (χ4v) is 4.36. The first-order valence-electron chi connectivity index (χ1n) is 5.70. The molecule has 0 spiro atoms. The van der Waals surface area contributed by atoms with Gasteiger partial charge in [-0.25, -0.2) is 0 Å². The van der Waals surface area contributed by atoms with Crippen LogP contribution >= 0.6 is 27.7 Å². The van der Waals surface area contributed by atoms with Gasteiger partial charge in [0.15, 0.2) is 0 Å². The molecule has 0 radical (unpaired) electrons. The molecule has 1 aromatic heterocycles. The maximum Gasteiger partial charge on any atom is 0.0703 e. The minimum absolute atomic E-state index is 0.396. The molecular weight excluding hydrogens is 286 g/mol. The highest BCUT2D eigenvalue weighted by Crippen LogP contribution is 2.36. The molecule has 1 N–H and O–H groups in total. The van der Waals surface area contributed by atoms with Gasteiger partial charge >= 0.3 is 0 Å². The molecule has 2 heterocycles. The van der Waals surface area contributed by atoms with Crippen LogP contribution in [0.5, 0.6) is 0 Å². The number of rotatable bonds is 3. The number of halogens is 1. The third-order valence-corrected chi connectivity index (χ3v) is 5.20. The zero-order valence-corrected chi connectivity index (χ0v) is 12.1. The Hall–Kier alpha value is -0.000000000000000111. The van der Waals surface area contributed by atoms with Crippen LogP contribution in [0, 0.1) is 0 Å². The van der Waals surface area contributed by atoms with E-state index < -0.39 is 0 Å². The maximum atomic E-state index is 4.30. The van der Waals surface area contributed by atoms with Gasteiger partial charge < -0.3 is 5.32 Å². The van der Waals surface area contributed by atoms with Crippen molar-refractivity contribution in [3.05, 3.63) is 16.4 Å². The van der Waals surface area contributed by atoms with Gasteiger partial charge in [-0.05, 0) is 41.6 Å². The lowest BCUT2D eigenvalue weighted by Gasteiger charge is -2.29. The summed E-state index contributed by atoms with van der Waals surface area (Å²) in [5, 5.41) is 8.42. The lowest BCUT2D eigenvalue weighted by atomic mass is 10.0. The molecule has 0 aromatic carbocycles. The Morgan fingerprint density at radius 3 is 2.94 bits per heavy atom. The Morgan fingerprint density at radius 1 is 1.62 bits per heavy atom. The minimum Gasteiger partial charge on any atom is -0.311 e. The summed E-state index contributed by atoms with van der Waals surface area (Å²) in [6.45, 7) is 0. The molecule has 0 saturated carbocycles. The quantitative estimate of drug-likeness (QED) is 0.931. The van der Waals surface area contributed by atoms with Gasteiger partial charge in [-0.15, -0.1) is 0 Å². The van der Waals surface area contributed by atoms with Gasteiger partial charge in [0.25, 0.3) is 0 Å². The van der Waals surface area contributed by atoms with Crippen molar-refractivity contribution in [1.82, 2.24) is 15.1 Å². The second-order valence-electron chi connectivity index (χ2n) is 4.17. The topological polar surface area (TPSA) is 29.9 Å². The summed E-state index contributed by atoms with van der Waals surface area (Å²) in [7, 11) is 4.05. The van der Waals surface area contributed by atoms with Crippen molar-refractivity contribution in [3.63, 3.8) is 0 Å². The van der Waals surface area contributed by atoms with Gasteiger partial charge in [0, 0.05) is 12.3 Å². The highest BCUT2D eigenvalue weighted by Gasteiger charge is 2.28. The summed E-state index contributed by atoms with van der Waals surface area (Å²) in [4.78, 5) is 0. The minimum atomic E-state index is 0.396. The third kappa shape index (κ3) is 2.46. The van der Waals surface area contributed by atoms with Crippen molar-refractivity contribution in [2.24, 2.45) is 7.05 Å². The molecule has 3 nitrogen and oxygen atoms in total. The van der Waals surface area contributed by atoms with Crippen LogP contribution in [0.15, 0.2) is 10.7 Å². The highest BCUT2D eigenvalue weighted by atomic mass is 79.9. The molecule has 1 aromatic rings. The summed E-state index contributed by atoms with van der Waals surface area (Å²) >= 11 is 5.68. The van der Waals surface area contributed by atoms with E-state index in [2.05, 4.69) is 38.1 Å². The summed E-state index contributed by atoms with van der Waals surface area (Å²) in [5.41, 5.74) is 1.27. The molecule has 0 aliphatic carbocycles. The Balaban J connectivity index is 2.21. The van der Waals surface area contributed by atoms with E-state index in [4.69, 9.17) is 0 Å². The van der Waals surface area contributed by atoms with Crippen LogP contribution in [0.2, 0.25) is 0 Å². The summed E-state index contributed by atoms with van der Waals surface area (Å²) < 4.78 is 3.08. The van der Waals surface area contributed by atoms with Gasteiger partial charge in [0.05, 0.1) is 22.4 Å². The fraction of sp³-hybridized carbons (Fsp3) is 0.727. The Kier molecular flexibility index (Phi) is 4.33. The first-order chi connectivity index (χ1) is 7.74. The van der Waals surface area contributed by atoms with Gasteiger partial charge in [-0.3, -0.25) is 4.68 Å². The van der Waals surface area contributed by atoms with Crippen molar-refractivity contribution in [1.29, 1.82) is 0 Å². The zero-order chi connectivity index (χ0) is 11.5. The van der Waals surface area contributed by atoms with E-state index in [1.807, 2.05) is 25.0 Å². The van der Waals surface area contributed by atoms with Gasteiger partial charge in [-0.1, -0.05) is 6.42 Å². The van der Waals surface area contributed by atoms with Gasteiger partial charge in [0.2, 0.25) is 0 Å². The molecule has 2 atom stereocenters. The second kappa shape index (κ2) is 5.56. The smallest absolute Gasteiger partial charge is 0.0703 e. The van der Waals surface area contributed by atoms with Crippen LogP contribution < -0.4 is 5.32 Å². The second-order valence-corrected chi connectivity index (χ2v) is 6.37. The number of nitrogens with zero attached hydrogens (tertiary/aromatic N) is 2. The zero-order valence-electron chi connectivity index (χ0n) is 9.74. The molecule has 90 valence electrons. The van der Waals surface area contributed by atoms with Crippen LogP contribution in [0.4, 0.5) is 0 Å². The molecule has 1 aliphatic rings. The number of hydrogen-bond acceptors (Lipinski definition) is 3. The molecule has 1 saturated heterocycles. The summed E-state index contributed by atoms with van der Waals surface area (Å²) in [6, 6.07) is 0.396. The number of aromatic nitrogens is 2. The van der Waals surface area contributed by atoms with Crippen molar-refractivity contribution < 1.29 is 0 Å². The summed E-state index contributed by atoms with van der Waals surface area (Å²) in [5.74, 6) is 1.29. The number of hydrogen-bond donors (Lipinski definition) is 1. The van der Waals surface area contributed by atoms with Crippen LogP contribution in [-0.2, 0) is 7.05 Å². The standard InChI is InChI=1S/C11H18BrN3S/c1-13-10(9-5-3-4-6-16-9)11-8(12)7-14-15(11)2/h7,9-10,13H,3-6H2,1-2H3. The van der Waals surface area contributed by atoms with Crippen molar-refractivity contribution >= 4 is 27.7 Å². The lowest BCUT2D eigenvalue weighted by Crippen LogP contribution is -2.31. The normalized spacial score (nSPS) is 23.3. The first kappa shape index (κ1) is 12.5. The van der Waals surface area contributed by atoms with E-state index in [1.165, 1.54) is 30.7 Å². The number of aryl methyl sites for hydroxylation is 1. The van der Waals surface area contributed by atoms with Crippen LogP contribution in [0.1, 0.15) is 31.0 Å². The average molecular weight is 304 g/mol. The monoisotopic (exact) mass is 303 g/mol. The molecule has 1 fully saturated rings. The molecular formula is C11H18BrN3S. The van der Waals surface area contributed by atoms with E-state index in [9.17, 15) is 0 Å². The van der Waals surface area contributed by atoms with E-state index >= 15 is 0 Å². The number of thioether (sulfide) groups is 1. The Labute approximate surface area is 109 Å². The molecule has 2 unspecified atom stereocenters. The lowest BCUT2D eigenvalue weighted by molar-refractivity contribution is 0.483. The molecule has 1 aliphatic heterocycles. The van der Waals surface area contributed by atoms with E-state index in [-0.39, 0.29) is 0 Å². The van der Waals surface area contributed by atoms with Gasteiger partial charge in [0.1, 0.15) is 0 Å². The first-order valence-corrected chi connectivity index (χ1v) is 7.54. The Bertz CT molecular complexity index is 327. The molecule has 0 amide bonds. The predicted molar refractivity (Wildman–Crippen MR) is 72.8 cm³/mol. The van der Waals surface area contributed by atoms with Crippen LogP contribution in [-0.4, -0.2) is 27.8 Å². The van der Waals surface area contributed by atoms with E-state index in [1.54, 1.807) is 0 Å².